The number of hydrogen-bond acceptors (Lipinski definition) is 3. The summed E-state index contributed by atoms with van der Waals surface area (Å²) in [6, 6.07) is 23.1. The summed E-state index contributed by atoms with van der Waals surface area (Å²) >= 11 is 0. The Hall–Kier alpha value is -2.60. The van der Waals surface area contributed by atoms with Crippen molar-refractivity contribution in [3.63, 3.8) is 0 Å². The summed E-state index contributed by atoms with van der Waals surface area (Å²) in [5.74, 6) is -1.19. The van der Waals surface area contributed by atoms with Gasteiger partial charge in [-0.3, -0.25) is 4.90 Å². The van der Waals surface area contributed by atoms with Crippen LogP contribution in [0.25, 0.3) is 0 Å². The van der Waals surface area contributed by atoms with E-state index in [-0.39, 0.29) is 13.2 Å². The highest BCUT2D eigenvalue weighted by Crippen LogP contribution is 2.15. The van der Waals surface area contributed by atoms with Crippen LogP contribution in [-0.4, -0.2) is 29.3 Å². The number of aliphatic hydroxyl groups is 1. The minimum Gasteiger partial charge on any atom is -0.389 e. The van der Waals surface area contributed by atoms with Gasteiger partial charge in [-0.15, -0.1) is 0 Å². The molecular weight excluding hydrogens is 372 g/mol. The molecule has 0 fully saturated rings. The van der Waals surface area contributed by atoms with Gasteiger partial charge in [0.15, 0.2) is 0 Å². The molecule has 3 aromatic carbocycles. The zero-order chi connectivity index (χ0) is 20.5. The largest absolute Gasteiger partial charge is 0.389 e. The molecule has 0 spiro atoms. The number of hydrogen-bond donors (Lipinski definition) is 1. The molecule has 3 rings (SSSR count). The van der Waals surface area contributed by atoms with Crippen LogP contribution in [0.5, 0.6) is 0 Å². The van der Waals surface area contributed by atoms with Crippen LogP contribution in [0.2, 0.25) is 0 Å². The highest BCUT2D eigenvalue weighted by Gasteiger charge is 2.15. The average Bonchev–Trinajstić information content (AvgIpc) is 2.71. The van der Waals surface area contributed by atoms with Crippen molar-refractivity contribution < 1.29 is 18.6 Å². The molecule has 5 heteroatoms. The van der Waals surface area contributed by atoms with Crippen molar-refractivity contribution >= 4 is 0 Å². The first-order valence-corrected chi connectivity index (χ1v) is 9.60. The van der Waals surface area contributed by atoms with Crippen LogP contribution in [0.1, 0.15) is 16.7 Å². The second kappa shape index (κ2) is 10.8. The number of benzene rings is 3. The number of nitrogens with zero attached hydrogens (tertiary/aromatic N) is 1. The fourth-order valence-electron chi connectivity index (χ4n) is 3.16. The van der Waals surface area contributed by atoms with Gasteiger partial charge in [0, 0.05) is 31.3 Å². The lowest BCUT2D eigenvalue weighted by Gasteiger charge is -2.25. The minimum atomic E-state index is -0.731. The molecule has 152 valence electrons. The third kappa shape index (κ3) is 7.06. The summed E-state index contributed by atoms with van der Waals surface area (Å²) in [6.45, 7) is 1.69. The van der Waals surface area contributed by atoms with Gasteiger partial charge in [-0.25, -0.2) is 8.78 Å². The Morgan fingerprint density at radius 3 is 2.14 bits per heavy atom. The molecule has 0 saturated carbocycles. The summed E-state index contributed by atoms with van der Waals surface area (Å²) < 4.78 is 33.0. The van der Waals surface area contributed by atoms with Crippen LogP contribution in [0.3, 0.4) is 0 Å². The number of ether oxygens (including phenoxy) is 1. The quantitative estimate of drug-likeness (QED) is 0.545. The van der Waals surface area contributed by atoms with Crippen LogP contribution in [0.15, 0.2) is 78.9 Å². The lowest BCUT2D eigenvalue weighted by atomic mass is 10.1. The zero-order valence-electron chi connectivity index (χ0n) is 16.2. The fraction of sp³-hybridized carbons (Fsp3) is 0.250. The van der Waals surface area contributed by atoms with Crippen LogP contribution in [0, 0.1) is 11.6 Å². The van der Waals surface area contributed by atoms with E-state index in [2.05, 4.69) is 0 Å². The summed E-state index contributed by atoms with van der Waals surface area (Å²) in [7, 11) is 0. The molecule has 0 radical (unpaired) electrons. The molecule has 0 heterocycles. The summed E-state index contributed by atoms with van der Waals surface area (Å²) in [5.41, 5.74) is 2.47. The van der Waals surface area contributed by atoms with Crippen molar-refractivity contribution in [3.05, 3.63) is 107 Å². The molecule has 3 aromatic rings. The van der Waals surface area contributed by atoms with Gasteiger partial charge in [-0.1, -0.05) is 66.7 Å². The number of halogens is 2. The van der Waals surface area contributed by atoms with Crippen molar-refractivity contribution in [2.75, 3.05) is 13.2 Å². The topological polar surface area (TPSA) is 32.7 Å². The van der Waals surface area contributed by atoms with Gasteiger partial charge in [0.25, 0.3) is 0 Å². The van der Waals surface area contributed by atoms with Crippen molar-refractivity contribution in [1.29, 1.82) is 0 Å². The van der Waals surface area contributed by atoms with Gasteiger partial charge in [0.05, 0.1) is 19.3 Å². The molecule has 1 atom stereocenters. The fourth-order valence-corrected chi connectivity index (χ4v) is 3.16. The van der Waals surface area contributed by atoms with E-state index in [9.17, 15) is 13.9 Å². The first-order chi connectivity index (χ1) is 14.1. The van der Waals surface area contributed by atoms with E-state index in [4.69, 9.17) is 4.74 Å². The van der Waals surface area contributed by atoms with Crippen LogP contribution in [0.4, 0.5) is 8.78 Å². The maximum atomic E-state index is 14.1. The summed E-state index contributed by atoms with van der Waals surface area (Å²) in [5, 5.41) is 10.4. The van der Waals surface area contributed by atoms with E-state index in [0.717, 1.165) is 17.2 Å². The second-order valence-corrected chi connectivity index (χ2v) is 7.05. The Morgan fingerprint density at radius 1 is 0.828 bits per heavy atom. The first kappa shape index (κ1) is 21.1. The van der Waals surface area contributed by atoms with E-state index >= 15 is 0 Å². The molecule has 0 aliphatic carbocycles. The van der Waals surface area contributed by atoms with Gasteiger partial charge in [-0.2, -0.15) is 0 Å². The third-order valence-electron chi connectivity index (χ3n) is 4.55. The molecule has 0 bridgehead atoms. The average molecular weight is 397 g/mol. The van der Waals surface area contributed by atoms with E-state index in [1.54, 1.807) is 0 Å². The molecular formula is C24H25F2NO2. The Bertz CT molecular complexity index is 875. The zero-order valence-corrected chi connectivity index (χ0v) is 16.2. The van der Waals surface area contributed by atoms with E-state index < -0.39 is 17.7 Å². The number of aliphatic hydroxyl groups excluding tert-OH is 1. The van der Waals surface area contributed by atoms with Crippen molar-refractivity contribution in [1.82, 2.24) is 4.90 Å². The highest BCUT2D eigenvalue weighted by atomic mass is 19.1. The second-order valence-electron chi connectivity index (χ2n) is 7.05. The maximum absolute atomic E-state index is 14.1. The maximum Gasteiger partial charge on any atom is 0.130 e. The van der Waals surface area contributed by atoms with Crippen molar-refractivity contribution in [3.8, 4) is 0 Å². The van der Waals surface area contributed by atoms with Gasteiger partial charge in [0.2, 0.25) is 0 Å². The van der Waals surface area contributed by atoms with E-state index in [1.807, 2.05) is 65.6 Å². The Morgan fingerprint density at radius 2 is 1.48 bits per heavy atom. The molecule has 0 aliphatic rings. The molecule has 1 N–H and O–H groups in total. The third-order valence-corrected chi connectivity index (χ3v) is 4.55. The molecule has 1 unspecified atom stereocenters. The standard InChI is InChI=1S/C24H25F2NO2/c25-22-12-11-21(24(26)13-22)15-27(14-19-7-3-1-4-8-19)16-23(28)18-29-17-20-9-5-2-6-10-20/h1-13,23,28H,14-18H2. The SMILES string of the molecule is OC(COCc1ccccc1)CN(Cc1ccccc1)Cc1ccc(F)cc1F. The molecule has 0 aromatic heterocycles. The molecule has 0 saturated heterocycles. The van der Waals surface area contributed by atoms with Crippen LogP contribution < -0.4 is 0 Å². The Labute approximate surface area is 170 Å². The smallest absolute Gasteiger partial charge is 0.130 e. The van der Waals surface area contributed by atoms with Gasteiger partial charge in [-0.05, 0) is 17.2 Å². The summed E-state index contributed by atoms with van der Waals surface area (Å²) in [6.07, 6.45) is -0.731. The van der Waals surface area contributed by atoms with Crippen molar-refractivity contribution in [2.24, 2.45) is 0 Å². The lowest BCUT2D eigenvalue weighted by molar-refractivity contribution is 0.00696. The van der Waals surface area contributed by atoms with E-state index in [1.165, 1.54) is 12.1 Å². The molecule has 3 nitrogen and oxygen atoms in total. The highest BCUT2D eigenvalue weighted by molar-refractivity contribution is 5.19. The normalized spacial score (nSPS) is 12.3. The lowest BCUT2D eigenvalue weighted by Crippen LogP contribution is -2.34. The minimum absolute atomic E-state index is 0.173. The van der Waals surface area contributed by atoms with Crippen LogP contribution >= 0.6 is 0 Å². The summed E-state index contributed by atoms with van der Waals surface area (Å²) in [4.78, 5) is 1.93. The van der Waals surface area contributed by atoms with Gasteiger partial charge in [0.1, 0.15) is 11.6 Å². The predicted molar refractivity (Wildman–Crippen MR) is 109 cm³/mol. The Balaban J connectivity index is 1.60. The Kier molecular flexibility index (Phi) is 7.87. The van der Waals surface area contributed by atoms with Gasteiger partial charge >= 0.3 is 0 Å². The monoisotopic (exact) mass is 397 g/mol. The predicted octanol–water partition coefficient (Wildman–Crippen LogP) is 4.54. The molecule has 0 aliphatic heterocycles. The van der Waals surface area contributed by atoms with E-state index in [0.29, 0.717) is 25.3 Å². The van der Waals surface area contributed by atoms with Crippen LogP contribution in [-0.2, 0) is 24.4 Å². The molecule has 0 amide bonds. The first-order valence-electron chi connectivity index (χ1n) is 9.60. The van der Waals surface area contributed by atoms with Crippen molar-refractivity contribution in [2.45, 2.75) is 25.8 Å². The van der Waals surface area contributed by atoms with Gasteiger partial charge < -0.3 is 9.84 Å². The number of rotatable bonds is 10. The molecule has 29 heavy (non-hydrogen) atoms.